The molecule has 32 heavy (non-hydrogen) atoms. The fourth-order valence-electron chi connectivity index (χ4n) is 3.65. The SMILES string of the molecule is COCCCN1C(=O)NC(c2ccc(Cl)cc2)C(c2nc(-c3ccc(F)cc3)no2)=C1C. The molecule has 1 aromatic heterocycles. The predicted molar refractivity (Wildman–Crippen MR) is 118 cm³/mol. The van der Waals surface area contributed by atoms with Gasteiger partial charge in [0, 0.05) is 36.5 Å². The Morgan fingerprint density at radius 2 is 1.91 bits per heavy atom. The van der Waals surface area contributed by atoms with E-state index in [1.807, 2.05) is 19.1 Å². The maximum atomic E-state index is 13.3. The molecule has 0 saturated heterocycles. The summed E-state index contributed by atoms with van der Waals surface area (Å²) in [6.45, 7) is 2.86. The molecular weight excluding hydrogens is 435 g/mol. The smallest absolute Gasteiger partial charge is 0.322 e. The van der Waals surface area contributed by atoms with Crippen molar-refractivity contribution in [2.24, 2.45) is 0 Å². The Kier molecular flexibility index (Phi) is 6.53. The van der Waals surface area contributed by atoms with Crippen molar-refractivity contribution < 1.29 is 18.4 Å². The van der Waals surface area contributed by atoms with Gasteiger partial charge in [-0.25, -0.2) is 9.18 Å². The summed E-state index contributed by atoms with van der Waals surface area (Å²) in [5.41, 5.74) is 2.85. The molecule has 1 atom stereocenters. The minimum absolute atomic E-state index is 0.222. The quantitative estimate of drug-likeness (QED) is 0.502. The average molecular weight is 457 g/mol. The van der Waals surface area contributed by atoms with Crippen LogP contribution in [0.3, 0.4) is 0 Å². The highest BCUT2D eigenvalue weighted by molar-refractivity contribution is 6.30. The molecule has 166 valence electrons. The van der Waals surface area contributed by atoms with Crippen LogP contribution in [0.1, 0.15) is 30.8 Å². The van der Waals surface area contributed by atoms with Crippen molar-refractivity contribution in [3.05, 3.63) is 76.5 Å². The normalized spacial score (nSPS) is 16.4. The summed E-state index contributed by atoms with van der Waals surface area (Å²) in [5, 5.41) is 7.70. The lowest BCUT2D eigenvalue weighted by molar-refractivity contribution is 0.174. The molecule has 1 unspecified atom stereocenters. The zero-order chi connectivity index (χ0) is 22.7. The van der Waals surface area contributed by atoms with Gasteiger partial charge in [-0.3, -0.25) is 4.90 Å². The summed E-state index contributed by atoms with van der Waals surface area (Å²) < 4.78 is 24.0. The number of hydrogen-bond acceptors (Lipinski definition) is 5. The maximum Gasteiger partial charge on any atom is 0.322 e. The Labute approximate surface area is 189 Å². The summed E-state index contributed by atoms with van der Waals surface area (Å²) in [7, 11) is 1.62. The lowest BCUT2D eigenvalue weighted by Gasteiger charge is -2.35. The van der Waals surface area contributed by atoms with E-state index < -0.39 is 6.04 Å². The monoisotopic (exact) mass is 456 g/mol. The molecule has 2 aromatic carbocycles. The van der Waals surface area contributed by atoms with E-state index in [1.165, 1.54) is 12.1 Å². The van der Waals surface area contributed by atoms with Gasteiger partial charge >= 0.3 is 6.03 Å². The van der Waals surface area contributed by atoms with Crippen molar-refractivity contribution in [3.8, 4) is 11.4 Å². The number of ether oxygens (including phenoxy) is 1. The number of amides is 2. The van der Waals surface area contributed by atoms with Crippen molar-refractivity contribution in [3.63, 3.8) is 0 Å². The summed E-state index contributed by atoms with van der Waals surface area (Å²) in [5.74, 6) is 0.261. The minimum atomic E-state index is -0.500. The van der Waals surface area contributed by atoms with Crippen LogP contribution in [0.5, 0.6) is 0 Å². The zero-order valence-electron chi connectivity index (χ0n) is 17.6. The van der Waals surface area contributed by atoms with Gasteiger partial charge in [-0.05, 0) is 55.3 Å². The van der Waals surface area contributed by atoms with Gasteiger partial charge in [0.05, 0.1) is 11.6 Å². The van der Waals surface area contributed by atoms with E-state index in [1.54, 1.807) is 36.3 Å². The second-order valence-corrected chi connectivity index (χ2v) is 7.80. The largest absolute Gasteiger partial charge is 0.385 e. The Morgan fingerprint density at radius 3 is 2.59 bits per heavy atom. The molecular formula is C23H22ClFN4O3. The second kappa shape index (κ2) is 9.50. The van der Waals surface area contributed by atoms with Crippen LogP contribution in [0.4, 0.5) is 9.18 Å². The van der Waals surface area contributed by atoms with Crippen LogP contribution >= 0.6 is 11.6 Å². The molecule has 2 heterocycles. The van der Waals surface area contributed by atoms with Crippen LogP contribution in [-0.2, 0) is 4.74 Å². The first-order valence-electron chi connectivity index (χ1n) is 10.1. The highest BCUT2D eigenvalue weighted by atomic mass is 35.5. The molecule has 4 rings (SSSR count). The fourth-order valence-corrected chi connectivity index (χ4v) is 3.77. The van der Waals surface area contributed by atoms with E-state index in [4.69, 9.17) is 20.9 Å². The molecule has 1 aliphatic rings. The Bertz CT molecular complexity index is 1130. The molecule has 1 aliphatic heterocycles. The van der Waals surface area contributed by atoms with Crippen LogP contribution in [0.15, 0.2) is 58.8 Å². The number of methoxy groups -OCH3 is 1. The van der Waals surface area contributed by atoms with E-state index in [0.29, 0.717) is 47.3 Å². The number of urea groups is 1. The number of nitrogens with one attached hydrogen (secondary N) is 1. The van der Waals surface area contributed by atoms with Gasteiger partial charge < -0.3 is 14.6 Å². The zero-order valence-corrected chi connectivity index (χ0v) is 18.4. The number of aromatic nitrogens is 2. The molecule has 0 fully saturated rings. The highest BCUT2D eigenvalue weighted by Crippen LogP contribution is 2.37. The van der Waals surface area contributed by atoms with Gasteiger partial charge in [0.1, 0.15) is 5.82 Å². The van der Waals surface area contributed by atoms with Gasteiger partial charge in [-0.2, -0.15) is 4.98 Å². The van der Waals surface area contributed by atoms with Crippen LogP contribution in [0, 0.1) is 5.82 Å². The van der Waals surface area contributed by atoms with Crippen molar-refractivity contribution in [2.45, 2.75) is 19.4 Å². The molecule has 0 bridgehead atoms. The van der Waals surface area contributed by atoms with Crippen molar-refractivity contribution in [1.82, 2.24) is 20.4 Å². The fraction of sp³-hybridized carbons (Fsp3) is 0.261. The van der Waals surface area contributed by atoms with Gasteiger partial charge in [-0.1, -0.05) is 28.9 Å². The number of hydrogen-bond donors (Lipinski definition) is 1. The molecule has 0 aliphatic carbocycles. The molecule has 2 amide bonds. The van der Waals surface area contributed by atoms with E-state index in [-0.39, 0.29) is 17.7 Å². The Morgan fingerprint density at radius 1 is 1.19 bits per heavy atom. The summed E-state index contributed by atoms with van der Waals surface area (Å²) in [6, 6.07) is 12.3. The number of halogens is 2. The van der Waals surface area contributed by atoms with Gasteiger partial charge in [0.15, 0.2) is 0 Å². The van der Waals surface area contributed by atoms with Crippen molar-refractivity contribution in [2.75, 3.05) is 20.3 Å². The first-order chi connectivity index (χ1) is 15.5. The van der Waals surface area contributed by atoms with E-state index in [2.05, 4.69) is 15.5 Å². The lowest BCUT2D eigenvalue weighted by atomic mass is 9.94. The third kappa shape index (κ3) is 4.51. The van der Waals surface area contributed by atoms with Gasteiger partial charge in [-0.15, -0.1) is 0 Å². The Balaban J connectivity index is 1.76. The van der Waals surface area contributed by atoms with Gasteiger partial charge in [0.2, 0.25) is 5.82 Å². The van der Waals surface area contributed by atoms with E-state index in [0.717, 1.165) is 5.56 Å². The molecule has 0 radical (unpaired) electrons. The van der Waals surface area contributed by atoms with Crippen LogP contribution < -0.4 is 5.32 Å². The molecule has 3 aromatic rings. The van der Waals surface area contributed by atoms with Crippen LogP contribution in [0.2, 0.25) is 5.02 Å². The minimum Gasteiger partial charge on any atom is -0.385 e. The van der Waals surface area contributed by atoms with E-state index in [9.17, 15) is 9.18 Å². The lowest BCUT2D eigenvalue weighted by Crippen LogP contribution is -2.46. The summed E-state index contributed by atoms with van der Waals surface area (Å²) in [4.78, 5) is 19.1. The Hall–Kier alpha value is -3.23. The molecule has 0 saturated carbocycles. The average Bonchev–Trinajstić information content (AvgIpc) is 3.26. The molecule has 9 heteroatoms. The number of rotatable bonds is 7. The molecule has 1 N–H and O–H groups in total. The summed E-state index contributed by atoms with van der Waals surface area (Å²) in [6.07, 6.45) is 0.671. The summed E-state index contributed by atoms with van der Waals surface area (Å²) >= 11 is 6.05. The second-order valence-electron chi connectivity index (χ2n) is 7.36. The highest BCUT2D eigenvalue weighted by Gasteiger charge is 2.35. The number of allylic oxidation sites excluding steroid dienone is 1. The van der Waals surface area contributed by atoms with Gasteiger partial charge in [0.25, 0.3) is 5.89 Å². The predicted octanol–water partition coefficient (Wildman–Crippen LogP) is 5.06. The van der Waals surface area contributed by atoms with Crippen LogP contribution in [-0.4, -0.2) is 41.3 Å². The first kappa shape index (κ1) is 22.0. The third-order valence-corrected chi connectivity index (χ3v) is 5.54. The molecule has 0 spiro atoms. The number of nitrogens with zero attached hydrogens (tertiary/aromatic N) is 3. The number of carbonyl (C=O) groups excluding carboxylic acids is 1. The maximum absolute atomic E-state index is 13.3. The van der Waals surface area contributed by atoms with Crippen LogP contribution in [0.25, 0.3) is 17.0 Å². The molecule has 7 nitrogen and oxygen atoms in total. The third-order valence-electron chi connectivity index (χ3n) is 5.29. The first-order valence-corrected chi connectivity index (χ1v) is 10.5. The van der Waals surface area contributed by atoms with Crippen molar-refractivity contribution >= 4 is 23.2 Å². The number of carbonyl (C=O) groups is 1. The topological polar surface area (TPSA) is 80.5 Å². The standard InChI is InChI=1S/C23H22ClFN4O3/c1-14-19(22-27-21(28-32-22)16-6-10-18(25)11-7-16)20(15-4-8-17(24)9-5-15)26-23(30)29(14)12-3-13-31-2/h4-11,20H,3,12-13H2,1-2H3,(H,26,30). The number of benzene rings is 2. The van der Waals surface area contributed by atoms with Crippen molar-refractivity contribution in [1.29, 1.82) is 0 Å². The van der Waals surface area contributed by atoms with E-state index >= 15 is 0 Å².